The summed E-state index contributed by atoms with van der Waals surface area (Å²) in [6, 6.07) is 0. The van der Waals surface area contributed by atoms with E-state index in [1.807, 2.05) is 0 Å². The molecule has 2 unspecified atom stereocenters. The maximum absolute atomic E-state index is 13.0. The van der Waals surface area contributed by atoms with Gasteiger partial charge in [-0.05, 0) is 51.4 Å². The number of ether oxygens (including phenoxy) is 4. The third-order valence-electron chi connectivity index (χ3n) is 14.0. The molecule has 17 nitrogen and oxygen atoms in total. The molecule has 0 radical (unpaired) electrons. The van der Waals surface area contributed by atoms with E-state index in [-0.39, 0.29) is 25.7 Å². The van der Waals surface area contributed by atoms with E-state index in [9.17, 15) is 43.2 Å². The Kier molecular flexibility index (Phi) is 55.9. The maximum atomic E-state index is 13.0. The van der Waals surface area contributed by atoms with Gasteiger partial charge in [-0.3, -0.25) is 37.3 Å². The summed E-state index contributed by atoms with van der Waals surface area (Å²) < 4.78 is 67.8. The first-order valence-electron chi connectivity index (χ1n) is 32.6. The number of aliphatic hydroxyl groups is 1. The number of rotatable bonds is 62. The van der Waals surface area contributed by atoms with Gasteiger partial charge in [0.05, 0.1) is 26.4 Å². The molecule has 0 aromatic carbocycles. The molecule has 0 aliphatic carbocycles. The molecule has 0 saturated heterocycles. The Morgan fingerprint density at radius 2 is 0.585 bits per heavy atom. The maximum Gasteiger partial charge on any atom is 0.472 e. The van der Waals surface area contributed by atoms with Crippen molar-refractivity contribution in [2.45, 2.75) is 316 Å². The number of carbonyl (C=O) groups is 4. The summed E-state index contributed by atoms with van der Waals surface area (Å²) in [5, 5.41) is 10.5. The molecule has 0 heterocycles. The Balaban J connectivity index is 5.24. The first-order chi connectivity index (χ1) is 39.7. The second kappa shape index (κ2) is 57.6. The minimum atomic E-state index is -4.95. The summed E-state index contributed by atoms with van der Waals surface area (Å²) in [5.41, 5.74) is 0. The number of aliphatic hydroxyl groups excluding tert-OH is 1. The van der Waals surface area contributed by atoms with Crippen LogP contribution in [0.4, 0.5) is 0 Å². The lowest BCUT2D eigenvalue weighted by molar-refractivity contribution is -0.161. The first-order valence-corrected chi connectivity index (χ1v) is 35.6. The van der Waals surface area contributed by atoms with Crippen LogP contribution in [0.1, 0.15) is 297 Å². The topological polar surface area (TPSA) is 237 Å². The van der Waals surface area contributed by atoms with E-state index in [4.69, 9.17) is 37.0 Å². The van der Waals surface area contributed by atoms with Gasteiger partial charge in [-0.1, -0.05) is 245 Å². The molecule has 0 rings (SSSR count). The van der Waals surface area contributed by atoms with Crippen molar-refractivity contribution < 1.29 is 80.2 Å². The average Bonchev–Trinajstić information content (AvgIpc) is 3.46. The number of hydrogen-bond acceptors (Lipinski definition) is 15. The molecule has 82 heavy (non-hydrogen) atoms. The highest BCUT2D eigenvalue weighted by Gasteiger charge is 2.30. The van der Waals surface area contributed by atoms with Gasteiger partial charge in [0.25, 0.3) is 0 Å². The van der Waals surface area contributed by atoms with Crippen LogP contribution in [0, 0.1) is 0 Å². The summed E-state index contributed by atoms with van der Waals surface area (Å²) in [7, 11) is -9.89. The standard InChI is InChI=1S/C63H118O17P2/c1-5-9-13-17-21-24-26-27-28-29-31-34-38-42-46-50-63(68)80-59(54-74-61(66)48-44-40-36-33-30-25-22-18-14-10-6-2)56-78-82(71,72)76-52-57(64)51-75-81(69,70)77-55-58(53-73-60(65)47-43-39-35-20-16-12-8-4)79-62(67)49-45-41-37-32-23-19-15-11-7-3/h24,26-28,57-59,64H,5-23,25,29-56H2,1-4H3,(H,69,70)(H,71,72)/b26-24-,28-27-/t57-,58+,59+/m0/s1. The molecule has 19 heteroatoms. The fourth-order valence-corrected chi connectivity index (χ4v) is 10.5. The van der Waals surface area contributed by atoms with Crippen molar-refractivity contribution in [3.8, 4) is 0 Å². The SMILES string of the molecule is CCCCCC/C=C\C=C/CCCCCCCC(=O)O[C@H](COC(=O)CCCCCCCCCCCCC)COP(=O)(O)OC[C@@H](O)COP(=O)(O)OC[C@@H](COC(=O)CCCCCCCCC)OC(=O)CCCCCCCCCCC. The molecule has 482 valence electrons. The van der Waals surface area contributed by atoms with Crippen LogP contribution in [0.25, 0.3) is 0 Å². The monoisotopic (exact) mass is 1210 g/mol. The van der Waals surface area contributed by atoms with Crippen molar-refractivity contribution in [3.63, 3.8) is 0 Å². The summed E-state index contributed by atoms with van der Waals surface area (Å²) in [6.45, 7) is 4.76. The number of hydrogen-bond donors (Lipinski definition) is 3. The molecular weight excluding hydrogens is 1090 g/mol. The van der Waals surface area contributed by atoms with Crippen molar-refractivity contribution in [2.24, 2.45) is 0 Å². The van der Waals surface area contributed by atoms with Gasteiger partial charge in [0.1, 0.15) is 19.3 Å². The lowest BCUT2D eigenvalue weighted by Gasteiger charge is -2.21. The number of allylic oxidation sites excluding steroid dienone is 4. The predicted molar refractivity (Wildman–Crippen MR) is 326 cm³/mol. The molecule has 0 saturated carbocycles. The number of esters is 4. The predicted octanol–water partition coefficient (Wildman–Crippen LogP) is 17.1. The summed E-state index contributed by atoms with van der Waals surface area (Å²) in [6.07, 6.45) is 45.3. The third kappa shape index (κ3) is 56.7. The van der Waals surface area contributed by atoms with Gasteiger partial charge >= 0.3 is 39.5 Å². The van der Waals surface area contributed by atoms with Gasteiger partial charge in [0, 0.05) is 25.7 Å². The van der Waals surface area contributed by atoms with Gasteiger partial charge < -0.3 is 33.8 Å². The number of unbranched alkanes of at least 4 members (excludes halogenated alkanes) is 33. The largest absolute Gasteiger partial charge is 0.472 e. The molecule has 0 aliphatic heterocycles. The third-order valence-corrected chi connectivity index (χ3v) is 15.9. The molecular formula is C63H118O17P2. The lowest BCUT2D eigenvalue weighted by atomic mass is 10.1. The van der Waals surface area contributed by atoms with E-state index in [0.717, 1.165) is 116 Å². The Morgan fingerprint density at radius 3 is 0.890 bits per heavy atom. The summed E-state index contributed by atoms with van der Waals surface area (Å²) in [4.78, 5) is 72.0. The summed E-state index contributed by atoms with van der Waals surface area (Å²) >= 11 is 0. The highest BCUT2D eigenvalue weighted by Crippen LogP contribution is 2.45. The quantitative estimate of drug-likeness (QED) is 0.0169. The smallest absolute Gasteiger partial charge is 0.462 e. The van der Waals surface area contributed by atoms with Gasteiger partial charge in [-0.25, -0.2) is 9.13 Å². The van der Waals surface area contributed by atoms with Crippen molar-refractivity contribution in [3.05, 3.63) is 24.3 Å². The number of carbonyl (C=O) groups excluding carboxylic acids is 4. The van der Waals surface area contributed by atoms with E-state index >= 15 is 0 Å². The lowest BCUT2D eigenvalue weighted by Crippen LogP contribution is -2.30. The molecule has 5 atom stereocenters. The fourth-order valence-electron chi connectivity index (χ4n) is 8.92. The zero-order valence-corrected chi connectivity index (χ0v) is 53.7. The van der Waals surface area contributed by atoms with Crippen LogP contribution < -0.4 is 0 Å². The molecule has 3 N–H and O–H groups in total. The van der Waals surface area contributed by atoms with Crippen molar-refractivity contribution in [1.82, 2.24) is 0 Å². The van der Waals surface area contributed by atoms with E-state index in [1.165, 1.54) is 103 Å². The first kappa shape index (κ1) is 79.5. The van der Waals surface area contributed by atoms with Gasteiger partial charge in [0.15, 0.2) is 12.2 Å². The van der Waals surface area contributed by atoms with Crippen LogP contribution in [0.3, 0.4) is 0 Å². The fraction of sp³-hybridized carbons (Fsp3) is 0.873. The van der Waals surface area contributed by atoms with Gasteiger partial charge in [-0.15, -0.1) is 0 Å². The van der Waals surface area contributed by atoms with E-state index in [0.29, 0.717) is 25.7 Å². The van der Waals surface area contributed by atoms with Crippen LogP contribution in [-0.4, -0.2) is 96.7 Å². The Hall–Kier alpha value is -2.46. The minimum Gasteiger partial charge on any atom is -0.462 e. The Labute approximate surface area is 497 Å². The molecule has 0 aliphatic rings. The van der Waals surface area contributed by atoms with Crippen LogP contribution in [0.2, 0.25) is 0 Å². The Bertz CT molecular complexity index is 1680. The van der Waals surface area contributed by atoms with Gasteiger partial charge in [0.2, 0.25) is 0 Å². The zero-order valence-electron chi connectivity index (χ0n) is 51.9. The zero-order chi connectivity index (χ0) is 60.5. The normalized spacial score (nSPS) is 14.4. The van der Waals surface area contributed by atoms with E-state index < -0.39 is 97.5 Å². The molecule has 0 bridgehead atoms. The van der Waals surface area contributed by atoms with E-state index in [2.05, 4.69) is 52.0 Å². The second-order valence-corrected chi connectivity index (χ2v) is 25.0. The molecule has 0 spiro atoms. The average molecular weight is 1210 g/mol. The number of phosphoric ester groups is 2. The molecule has 0 aromatic heterocycles. The van der Waals surface area contributed by atoms with Crippen LogP contribution in [-0.2, 0) is 65.4 Å². The van der Waals surface area contributed by atoms with Gasteiger partial charge in [-0.2, -0.15) is 0 Å². The molecule has 0 amide bonds. The van der Waals surface area contributed by atoms with Crippen molar-refractivity contribution in [1.29, 1.82) is 0 Å². The highest BCUT2D eigenvalue weighted by molar-refractivity contribution is 7.47. The summed E-state index contributed by atoms with van der Waals surface area (Å²) in [5.74, 6) is -2.17. The second-order valence-electron chi connectivity index (χ2n) is 22.1. The van der Waals surface area contributed by atoms with Crippen molar-refractivity contribution in [2.75, 3.05) is 39.6 Å². The van der Waals surface area contributed by atoms with Crippen LogP contribution in [0.5, 0.6) is 0 Å². The Morgan fingerprint density at radius 1 is 0.341 bits per heavy atom. The molecule has 0 fully saturated rings. The van der Waals surface area contributed by atoms with E-state index in [1.54, 1.807) is 0 Å². The van der Waals surface area contributed by atoms with Crippen LogP contribution in [0.15, 0.2) is 24.3 Å². The number of phosphoric acid groups is 2. The van der Waals surface area contributed by atoms with Crippen molar-refractivity contribution >= 4 is 39.5 Å². The van der Waals surface area contributed by atoms with Crippen LogP contribution >= 0.6 is 15.6 Å². The molecule has 0 aromatic rings. The highest BCUT2D eigenvalue weighted by atomic mass is 31.2. The minimum absolute atomic E-state index is 0.0854.